The Morgan fingerprint density at radius 2 is 1.92 bits per heavy atom. The standard InChI is InChI=1S/C17H21N5O2.ClH/c1-18-15(12-9-19-22(2)10-12)17(24)21-14-5-3-4-13(8-14)20-16(23)11-6-7-11;/h3-5,8-11,15,18H,6-7H2,1-2H3,(H,20,23)(H,21,24);1H. The van der Waals surface area contributed by atoms with Gasteiger partial charge in [-0.05, 0) is 38.1 Å². The lowest BCUT2D eigenvalue weighted by atomic mass is 10.1. The van der Waals surface area contributed by atoms with Crippen molar-refractivity contribution in [2.75, 3.05) is 17.7 Å². The van der Waals surface area contributed by atoms with E-state index >= 15 is 0 Å². The van der Waals surface area contributed by atoms with Gasteiger partial charge in [0.2, 0.25) is 11.8 Å². The van der Waals surface area contributed by atoms with Gasteiger partial charge in [0.15, 0.2) is 0 Å². The summed E-state index contributed by atoms with van der Waals surface area (Å²) in [7, 11) is 3.53. The van der Waals surface area contributed by atoms with Crippen molar-refractivity contribution in [2.24, 2.45) is 13.0 Å². The number of aromatic nitrogens is 2. The van der Waals surface area contributed by atoms with Crippen LogP contribution in [-0.2, 0) is 16.6 Å². The van der Waals surface area contributed by atoms with Gasteiger partial charge < -0.3 is 16.0 Å². The van der Waals surface area contributed by atoms with E-state index in [0.717, 1.165) is 18.4 Å². The van der Waals surface area contributed by atoms with Gasteiger partial charge in [0.25, 0.3) is 0 Å². The normalized spacial score (nSPS) is 14.3. The van der Waals surface area contributed by atoms with Crippen LogP contribution in [0.2, 0.25) is 0 Å². The molecule has 1 fully saturated rings. The lowest BCUT2D eigenvalue weighted by molar-refractivity contribution is -0.118. The Morgan fingerprint density at radius 3 is 2.48 bits per heavy atom. The van der Waals surface area contributed by atoms with Crippen molar-refractivity contribution < 1.29 is 9.59 Å². The highest BCUT2D eigenvalue weighted by atomic mass is 35.5. The Hall–Kier alpha value is -2.38. The predicted molar refractivity (Wildman–Crippen MR) is 98.7 cm³/mol. The van der Waals surface area contributed by atoms with E-state index in [4.69, 9.17) is 0 Å². The molecule has 1 atom stereocenters. The number of aryl methyl sites for hydroxylation is 1. The summed E-state index contributed by atoms with van der Waals surface area (Å²) in [4.78, 5) is 24.3. The number of nitrogens with one attached hydrogen (secondary N) is 3. The maximum atomic E-state index is 12.5. The summed E-state index contributed by atoms with van der Waals surface area (Å²) in [5.41, 5.74) is 2.11. The van der Waals surface area contributed by atoms with Crippen LogP contribution in [0.25, 0.3) is 0 Å². The second-order valence-electron chi connectivity index (χ2n) is 6.00. The molecule has 1 aliphatic rings. The van der Waals surface area contributed by atoms with E-state index in [9.17, 15) is 9.59 Å². The van der Waals surface area contributed by atoms with E-state index in [1.165, 1.54) is 0 Å². The number of halogens is 1. The summed E-state index contributed by atoms with van der Waals surface area (Å²) in [6.07, 6.45) is 5.37. The number of anilines is 2. The SMILES string of the molecule is CNC(C(=O)Nc1cccc(NC(=O)C2CC2)c1)c1cnn(C)c1.Cl. The second kappa shape index (κ2) is 8.13. The van der Waals surface area contributed by atoms with E-state index in [1.807, 2.05) is 6.07 Å². The first-order chi connectivity index (χ1) is 11.6. The molecule has 0 aliphatic heterocycles. The number of amides is 2. The first-order valence-electron chi connectivity index (χ1n) is 7.94. The quantitative estimate of drug-likeness (QED) is 0.733. The Kier molecular flexibility index (Phi) is 6.17. The largest absolute Gasteiger partial charge is 0.326 e. The summed E-state index contributed by atoms with van der Waals surface area (Å²) in [5.74, 6) is 0.000562. The van der Waals surface area contributed by atoms with Crippen LogP contribution in [0.4, 0.5) is 11.4 Å². The molecule has 1 aliphatic carbocycles. The van der Waals surface area contributed by atoms with Gasteiger partial charge in [-0.3, -0.25) is 14.3 Å². The van der Waals surface area contributed by atoms with Gasteiger partial charge in [-0.2, -0.15) is 5.10 Å². The topological polar surface area (TPSA) is 88.1 Å². The molecule has 134 valence electrons. The zero-order chi connectivity index (χ0) is 17.1. The summed E-state index contributed by atoms with van der Waals surface area (Å²) < 4.78 is 1.65. The number of nitrogens with zero attached hydrogens (tertiary/aromatic N) is 2. The Labute approximate surface area is 152 Å². The van der Waals surface area contributed by atoms with E-state index in [2.05, 4.69) is 21.0 Å². The summed E-state index contributed by atoms with van der Waals surface area (Å²) in [6, 6.07) is 6.67. The zero-order valence-electron chi connectivity index (χ0n) is 14.2. The molecule has 0 spiro atoms. The molecule has 3 N–H and O–H groups in total. The maximum Gasteiger partial charge on any atom is 0.246 e. The van der Waals surface area contributed by atoms with Gasteiger partial charge in [0, 0.05) is 36.1 Å². The molecule has 1 aromatic heterocycles. The zero-order valence-corrected chi connectivity index (χ0v) is 15.0. The molecular formula is C17H22ClN5O2. The van der Waals surface area contributed by atoms with Crippen molar-refractivity contribution in [3.05, 3.63) is 42.2 Å². The Morgan fingerprint density at radius 1 is 1.24 bits per heavy atom. The highest BCUT2D eigenvalue weighted by molar-refractivity contribution is 5.97. The highest BCUT2D eigenvalue weighted by Crippen LogP contribution is 2.30. The van der Waals surface area contributed by atoms with E-state index in [-0.39, 0.29) is 30.1 Å². The summed E-state index contributed by atoms with van der Waals surface area (Å²) in [6.45, 7) is 0. The number of likely N-dealkylation sites (N-methyl/N-ethyl adjacent to an activating group) is 1. The third-order valence-corrected chi connectivity index (χ3v) is 3.95. The average Bonchev–Trinajstić information content (AvgIpc) is 3.31. The smallest absolute Gasteiger partial charge is 0.246 e. The van der Waals surface area contributed by atoms with Crippen LogP contribution in [0, 0.1) is 5.92 Å². The van der Waals surface area contributed by atoms with Crippen molar-refractivity contribution in [1.82, 2.24) is 15.1 Å². The monoisotopic (exact) mass is 363 g/mol. The first kappa shape index (κ1) is 19.0. The lowest BCUT2D eigenvalue weighted by Gasteiger charge is -2.15. The first-order valence-corrected chi connectivity index (χ1v) is 7.94. The van der Waals surface area contributed by atoms with Crippen molar-refractivity contribution in [1.29, 1.82) is 0 Å². The molecule has 1 unspecified atom stereocenters. The minimum atomic E-state index is -0.497. The minimum Gasteiger partial charge on any atom is -0.326 e. The fourth-order valence-corrected chi connectivity index (χ4v) is 2.52. The molecule has 3 rings (SSSR count). The number of hydrogen-bond acceptors (Lipinski definition) is 4. The molecule has 0 radical (unpaired) electrons. The molecular weight excluding hydrogens is 342 g/mol. The van der Waals surface area contributed by atoms with Crippen molar-refractivity contribution in [2.45, 2.75) is 18.9 Å². The molecule has 2 aromatic rings. The minimum absolute atomic E-state index is 0. The van der Waals surface area contributed by atoms with E-state index < -0.39 is 6.04 Å². The molecule has 2 amide bonds. The van der Waals surface area contributed by atoms with Crippen LogP contribution in [0.15, 0.2) is 36.7 Å². The van der Waals surface area contributed by atoms with Crippen LogP contribution in [-0.4, -0.2) is 28.6 Å². The molecule has 25 heavy (non-hydrogen) atoms. The Balaban J connectivity index is 0.00000225. The number of benzene rings is 1. The fourth-order valence-electron chi connectivity index (χ4n) is 2.52. The number of hydrogen-bond donors (Lipinski definition) is 3. The van der Waals surface area contributed by atoms with E-state index in [1.54, 1.807) is 49.4 Å². The van der Waals surface area contributed by atoms with Crippen LogP contribution < -0.4 is 16.0 Å². The number of carbonyl (C=O) groups excluding carboxylic acids is 2. The predicted octanol–water partition coefficient (Wildman–Crippen LogP) is 2.09. The summed E-state index contributed by atoms with van der Waals surface area (Å²) in [5, 5.41) is 12.8. The molecule has 8 heteroatoms. The van der Waals surface area contributed by atoms with Crippen molar-refractivity contribution in [3.63, 3.8) is 0 Å². The molecule has 1 aromatic carbocycles. The molecule has 0 bridgehead atoms. The lowest BCUT2D eigenvalue weighted by Crippen LogP contribution is -2.30. The van der Waals surface area contributed by atoms with Crippen molar-refractivity contribution in [3.8, 4) is 0 Å². The van der Waals surface area contributed by atoms with Gasteiger partial charge in [-0.1, -0.05) is 6.07 Å². The van der Waals surface area contributed by atoms with Gasteiger partial charge in [-0.25, -0.2) is 0 Å². The van der Waals surface area contributed by atoms with Crippen LogP contribution in [0.1, 0.15) is 24.4 Å². The Bertz CT molecular complexity index is 757. The van der Waals surface area contributed by atoms with Gasteiger partial charge in [0.1, 0.15) is 6.04 Å². The second-order valence-corrected chi connectivity index (χ2v) is 6.00. The molecule has 1 heterocycles. The summed E-state index contributed by atoms with van der Waals surface area (Å²) >= 11 is 0. The number of rotatable bonds is 6. The third kappa shape index (κ3) is 4.80. The maximum absolute atomic E-state index is 12.5. The average molecular weight is 364 g/mol. The molecule has 7 nitrogen and oxygen atoms in total. The number of carbonyl (C=O) groups is 2. The van der Waals surface area contributed by atoms with Gasteiger partial charge in [-0.15, -0.1) is 12.4 Å². The fraction of sp³-hybridized carbons (Fsp3) is 0.353. The molecule has 1 saturated carbocycles. The van der Waals surface area contributed by atoms with Crippen molar-refractivity contribution >= 4 is 35.6 Å². The third-order valence-electron chi connectivity index (χ3n) is 3.95. The van der Waals surface area contributed by atoms with Crippen LogP contribution in [0.3, 0.4) is 0 Å². The van der Waals surface area contributed by atoms with Gasteiger partial charge in [0.05, 0.1) is 6.20 Å². The van der Waals surface area contributed by atoms with Crippen LogP contribution in [0.5, 0.6) is 0 Å². The van der Waals surface area contributed by atoms with Gasteiger partial charge >= 0.3 is 0 Å². The molecule has 0 saturated heterocycles. The van der Waals surface area contributed by atoms with E-state index in [0.29, 0.717) is 11.4 Å². The van der Waals surface area contributed by atoms with Crippen LogP contribution >= 0.6 is 12.4 Å². The highest BCUT2D eigenvalue weighted by Gasteiger charge is 2.29.